The van der Waals surface area contributed by atoms with Gasteiger partial charge < -0.3 is 9.80 Å². The van der Waals surface area contributed by atoms with Gasteiger partial charge in [0.2, 0.25) is 0 Å². The zero-order valence-electron chi connectivity index (χ0n) is 10.9. The third-order valence-corrected chi connectivity index (χ3v) is 3.90. The van der Waals surface area contributed by atoms with Crippen LogP contribution in [0.3, 0.4) is 0 Å². The maximum absolute atomic E-state index is 5.98. The maximum Gasteiger partial charge on any atom is 0.155 e. The van der Waals surface area contributed by atoms with Gasteiger partial charge in [0.05, 0.1) is 0 Å². The van der Waals surface area contributed by atoms with Crippen molar-refractivity contribution in [2.75, 3.05) is 31.6 Å². The molecule has 0 N–H and O–H groups in total. The van der Waals surface area contributed by atoms with Crippen LogP contribution in [0, 0.1) is 13.8 Å². The molecule has 0 aromatic carbocycles. The zero-order valence-corrected chi connectivity index (χ0v) is 11.6. The van der Waals surface area contributed by atoms with E-state index in [2.05, 4.69) is 40.9 Å². The van der Waals surface area contributed by atoms with E-state index in [1.807, 2.05) is 6.92 Å². The van der Waals surface area contributed by atoms with Crippen LogP contribution in [0.4, 0.5) is 5.82 Å². The summed E-state index contributed by atoms with van der Waals surface area (Å²) in [6.07, 6.45) is 0. The topological polar surface area (TPSA) is 32.3 Å². The van der Waals surface area contributed by atoms with Crippen LogP contribution < -0.4 is 4.90 Å². The molecule has 1 aromatic heterocycles. The van der Waals surface area contributed by atoms with Crippen LogP contribution in [0.1, 0.15) is 18.1 Å². The van der Waals surface area contributed by atoms with Crippen molar-refractivity contribution in [3.05, 3.63) is 16.3 Å². The minimum Gasteiger partial charge on any atom is -0.350 e. The van der Waals surface area contributed by atoms with E-state index in [-0.39, 0.29) is 0 Å². The summed E-state index contributed by atoms with van der Waals surface area (Å²) in [5.41, 5.74) is 2.17. The van der Waals surface area contributed by atoms with Crippen LogP contribution >= 0.6 is 11.6 Å². The molecule has 17 heavy (non-hydrogen) atoms. The molecule has 1 saturated heterocycles. The van der Waals surface area contributed by atoms with E-state index >= 15 is 0 Å². The van der Waals surface area contributed by atoms with E-state index in [4.69, 9.17) is 11.6 Å². The first-order chi connectivity index (χ1) is 8.00. The SMILES string of the molecule is Cc1c(Cl)nnc(N2CCN(C)CC2C)c1C. The second-order valence-corrected chi connectivity index (χ2v) is 5.23. The van der Waals surface area contributed by atoms with Crippen molar-refractivity contribution in [2.45, 2.75) is 26.8 Å². The number of hydrogen-bond acceptors (Lipinski definition) is 4. The van der Waals surface area contributed by atoms with Crippen LogP contribution in [0.25, 0.3) is 0 Å². The number of rotatable bonds is 1. The number of piperazine rings is 1. The first-order valence-electron chi connectivity index (χ1n) is 5.95. The molecule has 0 bridgehead atoms. The van der Waals surface area contributed by atoms with Crippen molar-refractivity contribution in [3.63, 3.8) is 0 Å². The lowest BCUT2D eigenvalue weighted by atomic mass is 10.1. The van der Waals surface area contributed by atoms with Crippen LogP contribution in [-0.2, 0) is 0 Å². The first kappa shape index (κ1) is 12.6. The summed E-state index contributed by atoms with van der Waals surface area (Å²) in [6.45, 7) is 9.40. The van der Waals surface area contributed by atoms with Gasteiger partial charge in [-0.2, -0.15) is 0 Å². The number of nitrogens with zero attached hydrogens (tertiary/aromatic N) is 4. The second-order valence-electron chi connectivity index (χ2n) is 4.87. The van der Waals surface area contributed by atoms with Gasteiger partial charge in [0.25, 0.3) is 0 Å². The van der Waals surface area contributed by atoms with Crippen molar-refractivity contribution >= 4 is 17.4 Å². The van der Waals surface area contributed by atoms with E-state index in [1.54, 1.807) is 0 Å². The summed E-state index contributed by atoms with van der Waals surface area (Å²) >= 11 is 5.98. The molecule has 0 radical (unpaired) electrons. The van der Waals surface area contributed by atoms with Crippen molar-refractivity contribution < 1.29 is 0 Å². The van der Waals surface area contributed by atoms with Crippen molar-refractivity contribution in [1.29, 1.82) is 0 Å². The molecule has 0 spiro atoms. The molecule has 0 saturated carbocycles. The molecule has 1 aromatic rings. The Morgan fingerprint density at radius 1 is 1.18 bits per heavy atom. The molecule has 1 atom stereocenters. The molecular weight excluding hydrogens is 236 g/mol. The van der Waals surface area contributed by atoms with Crippen molar-refractivity contribution in [1.82, 2.24) is 15.1 Å². The van der Waals surface area contributed by atoms with Crippen molar-refractivity contribution in [3.8, 4) is 0 Å². The molecule has 1 aliphatic rings. The zero-order chi connectivity index (χ0) is 12.6. The fraction of sp³-hybridized carbons (Fsp3) is 0.667. The smallest absolute Gasteiger partial charge is 0.155 e. The number of aromatic nitrogens is 2. The van der Waals surface area contributed by atoms with Crippen LogP contribution in [0.2, 0.25) is 5.15 Å². The van der Waals surface area contributed by atoms with E-state index in [0.29, 0.717) is 11.2 Å². The molecule has 2 heterocycles. The molecule has 4 nitrogen and oxygen atoms in total. The predicted octanol–water partition coefficient (Wildman–Crippen LogP) is 1.89. The highest BCUT2D eigenvalue weighted by atomic mass is 35.5. The summed E-state index contributed by atoms with van der Waals surface area (Å²) in [5, 5.41) is 8.80. The number of hydrogen-bond donors (Lipinski definition) is 0. The highest BCUT2D eigenvalue weighted by molar-refractivity contribution is 6.30. The maximum atomic E-state index is 5.98. The molecule has 5 heteroatoms. The van der Waals surface area contributed by atoms with Crippen LogP contribution in [0.15, 0.2) is 0 Å². The largest absolute Gasteiger partial charge is 0.350 e. The molecule has 1 fully saturated rings. The van der Waals surface area contributed by atoms with Gasteiger partial charge in [0.15, 0.2) is 11.0 Å². The third kappa shape index (κ3) is 2.38. The Labute approximate surface area is 108 Å². The van der Waals surface area contributed by atoms with Gasteiger partial charge in [0, 0.05) is 25.7 Å². The van der Waals surface area contributed by atoms with E-state index in [1.165, 1.54) is 0 Å². The Kier molecular flexibility index (Phi) is 3.54. The lowest BCUT2D eigenvalue weighted by Crippen LogP contribution is -2.51. The number of likely N-dealkylation sites (N-methyl/N-ethyl adjacent to an activating group) is 1. The standard InChI is InChI=1S/C12H19ClN4/c1-8-7-16(4)5-6-17(8)12-10(3)9(2)11(13)14-15-12/h8H,5-7H2,1-4H3. The van der Waals surface area contributed by atoms with Gasteiger partial charge in [-0.3, -0.25) is 0 Å². The van der Waals surface area contributed by atoms with Gasteiger partial charge in [0.1, 0.15) is 0 Å². The Balaban J connectivity index is 2.31. The summed E-state index contributed by atoms with van der Waals surface area (Å²) < 4.78 is 0. The molecule has 0 amide bonds. The average Bonchev–Trinajstić information content (AvgIpc) is 2.28. The molecule has 0 aliphatic carbocycles. The Bertz CT molecular complexity index is 421. The highest BCUT2D eigenvalue weighted by Crippen LogP contribution is 2.26. The quantitative estimate of drug-likeness (QED) is 0.766. The van der Waals surface area contributed by atoms with Gasteiger partial charge in [-0.15, -0.1) is 10.2 Å². The molecule has 1 aliphatic heterocycles. The van der Waals surface area contributed by atoms with Gasteiger partial charge in [-0.25, -0.2) is 0 Å². The van der Waals surface area contributed by atoms with Gasteiger partial charge in [-0.1, -0.05) is 11.6 Å². The van der Waals surface area contributed by atoms with Crippen LogP contribution in [0.5, 0.6) is 0 Å². The fourth-order valence-corrected chi connectivity index (χ4v) is 2.47. The molecule has 1 unspecified atom stereocenters. The summed E-state index contributed by atoms with van der Waals surface area (Å²) in [5.74, 6) is 0.979. The van der Waals surface area contributed by atoms with Gasteiger partial charge in [-0.05, 0) is 38.9 Å². The molecular formula is C12H19ClN4. The highest BCUT2D eigenvalue weighted by Gasteiger charge is 2.25. The Morgan fingerprint density at radius 2 is 1.88 bits per heavy atom. The third-order valence-electron chi connectivity index (χ3n) is 3.54. The van der Waals surface area contributed by atoms with Crippen LogP contribution in [-0.4, -0.2) is 47.8 Å². The minimum absolute atomic E-state index is 0.460. The summed E-state index contributed by atoms with van der Waals surface area (Å²) in [4.78, 5) is 4.67. The Hall–Kier alpha value is -0.870. The average molecular weight is 255 g/mol. The van der Waals surface area contributed by atoms with E-state index < -0.39 is 0 Å². The minimum atomic E-state index is 0.460. The Morgan fingerprint density at radius 3 is 2.53 bits per heavy atom. The van der Waals surface area contributed by atoms with E-state index in [0.717, 1.165) is 36.6 Å². The normalized spacial score (nSPS) is 21.9. The number of anilines is 1. The van der Waals surface area contributed by atoms with Gasteiger partial charge >= 0.3 is 0 Å². The lowest BCUT2D eigenvalue weighted by molar-refractivity contribution is 0.274. The monoisotopic (exact) mass is 254 g/mol. The second kappa shape index (κ2) is 4.78. The molecule has 2 rings (SSSR count). The predicted molar refractivity (Wildman–Crippen MR) is 70.8 cm³/mol. The lowest BCUT2D eigenvalue weighted by Gasteiger charge is -2.39. The summed E-state index contributed by atoms with van der Waals surface area (Å²) in [7, 11) is 2.15. The van der Waals surface area contributed by atoms with Crippen molar-refractivity contribution in [2.24, 2.45) is 0 Å². The summed E-state index contributed by atoms with van der Waals surface area (Å²) in [6, 6.07) is 0.460. The number of halogens is 1. The fourth-order valence-electron chi connectivity index (χ4n) is 2.29. The molecule has 94 valence electrons. The van der Waals surface area contributed by atoms with E-state index in [9.17, 15) is 0 Å². The first-order valence-corrected chi connectivity index (χ1v) is 6.33.